The van der Waals surface area contributed by atoms with E-state index in [1.807, 2.05) is 0 Å². The van der Waals surface area contributed by atoms with E-state index < -0.39 is 17.4 Å². The molecular formula is C14H16ClN3O3. The van der Waals surface area contributed by atoms with Crippen LogP contribution < -0.4 is 5.73 Å². The van der Waals surface area contributed by atoms with E-state index in [-0.39, 0.29) is 13.2 Å². The molecule has 0 fully saturated rings. The molecule has 1 atom stereocenters. The fourth-order valence-corrected chi connectivity index (χ4v) is 2.33. The van der Waals surface area contributed by atoms with Gasteiger partial charge in [0.05, 0.1) is 18.9 Å². The zero-order valence-electron chi connectivity index (χ0n) is 11.8. The van der Waals surface area contributed by atoms with Gasteiger partial charge in [0.1, 0.15) is 5.41 Å². The van der Waals surface area contributed by atoms with Gasteiger partial charge in [-0.1, -0.05) is 23.7 Å². The number of esters is 1. The predicted molar refractivity (Wildman–Crippen MR) is 79.0 cm³/mol. The molecule has 0 aliphatic carbocycles. The number of hydrazone groups is 1. The minimum atomic E-state index is -1.06. The maximum Gasteiger partial charge on any atom is 0.335 e. The van der Waals surface area contributed by atoms with E-state index >= 15 is 0 Å². The van der Waals surface area contributed by atoms with Crippen LogP contribution >= 0.6 is 11.6 Å². The van der Waals surface area contributed by atoms with Crippen LogP contribution in [0.5, 0.6) is 0 Å². The lowest BCUT2D eigenvalue weighted by Crippen LogP contribution is -2.42. The number of hydrogen-bond donors (Lipinski definition) is 1. The quantitative estimate of drug-likeness (QED) is 0.867. The standard InChI is InChI=1S/C14H16ClN3O3/c1-3-21-12(19)14(2)8-18(13(16)20)17-11(14)9-4-6-10(15)7-5-9/h4-7H,3,8H2,1-2H3,(H2,16,20). The summed E-state index contributed by atoms with van der Waals surface area (Å²) in [6.07, 6.45) is 0. The normalized spacial score (nSPS) is 21.1. The molecule has 6 nitrogen and oxygen atoms in total. The molecule has 2 amide bonds. The average molecular weight is 310 g/mol. The number of ether oxygens (including phenoxy) is 1. The monoisotopic (exact) mass is 309 g/mol. The zero-order chi connectivity index (χ0) is 15.6. The number of nitrogens with two attached hydrogens (primary N) is 1. The Morgan fingerprint density at radius 1 is 1.43 bits per heavy atom. The van der Waals surface area contributed by atoms with Crippen molar-refractivity contribution in [3.63, 3.8) is 0 Å². The number of carbonyl (C=O) groups is 2. The summed E-state index contributed by atoms with van der Waals surface area (Å²) in [5, 5.41) is 5.82. The number of nitrogens with zero attached hydrogens (tertiary/aromatic N) is 2. The second-order valence-electron chi connectivity index (χ2n) is 4.90. The zero-order valence-corrected chi connectivity index (χ0v) is 12.6. The van der Waals surface area contributed by atoms with Crippen LogP contribution in [0.15, 0.2) is 29.4 Å². The van der Waals surface area contributed by atoms with Gasteiger partial charge in [0, 0.05) is 5.02 Å². The van der Waals surface area contributed by atoms with Gasteiger partial charge in [0.25, 0.3) is 0 Å². The summed E-state index contributed by atoms with van der Waals surface area (Å²) in [6.45, 7) is 3.71. The van der Waals surface area contributed by atoms with E-state index in [0.29, 0.717) is 16.3 Å². The highest BCUT2D eigenvalue weighted by atomic mass is 35.5. The van der Waals surface area contributed by atoms with Gasteiger partial charge < -0.3 is 10.5 Å². The van der Waals surface area contributed by atoms with Crippen LogP contribution in [-0.2, 0) is 9.53 Å². The molecule has 1 aromatic rings. The number of primary amides is 1. The molecule has 0 radical (unpaired) electrons. The van der Waals surface area contributed by atoms with E-state index in [1.165, 1.54) is 0 Å². The van der Waals surface area contributed by atoms with Crippen molar-refractivity contribution in [1.82, 2.24) is 5.01 Å². The molecule has 1 aliphatic rings. The smallest absolute Gasteiger partial charge is 0.335 e. The van der Waals surface area contributed by atoms with E-state index in [2.05, 4.69) is 5.10 Å². The number of halogens is 1. The van der Waals surface area contributed by atoms with Gasteiger partial charge in [-0.05, 0) is 31.5 Å². The molecule has 0 bridgehead atoms. The molecule has 0 spiro atoms. The van der Waals surface area contributed by atoms with Gasteiger partial charge in [-0.25, -0.2) is 9.80 Å². The van der Waals surface area contributed by atoms with E-state index in [4.69, 9.17) is 22.1 Å². The molecule has 1 unspecified atom stereocenters. The molecule has 0 aromatic heterocycles. The lowest BCUT2D eigenvalue weighted by molar-refractivity contribution is -0.150. The van der Waals surface area contributed by atoms with Crippen LogP contribution in [0, 0.1) is 5.41 Å². The van der Waals surface area contributed by atoms with Gasteiger partial charge in [-0.15, -0.1) is 0 Å². The highest BCUT2D eigenvalue weighted by Gasteiger charge is 2.48. The third-order valence-corrected chi connectivity index (χ3v) is 3.56. The lowest BCUT2D eigenvalue weighted by atomic mass is 9.82. The Morgan fingerprint density at radius 3 is 2.57 bits per heavy atom. The number of rotatable bonds is 3. The molecule has 21 heavy (non-hydrogen) atoms. The number of hydrogen-bond acceptors (Lipinski definition) is 4. The second-order valence-corrected chi connectivity index (χ2v) is 5.34. The molecular weight excluding hydrogens is 294 g/mol. The van der Waals surface area contributed by atoms with E-state index in [9.17, 15) is 9.59 Å². The van der Waals surface area contributed by atoms with Crippen molar-refractivity contribution in [3.05, 3.63) is 34.9 Å². The summed E-state index contributed by atoms with van der Waals surface area (Å²) in [7, 11) is 0. The Kier molecular flexibility index (Phi) is 4.18. The fraction of sp³-hybridized carbons (Fsp3) is 0.357. The van der Waals surface area contributed by atoms with Crippen molar-refractivity contribution in [2.24, 2.45) is 16.3 Å². The van der Waals surface area contributed by atoms with Crippen molar-refractivity contribution in [3.8, 4) is 0 Å². The van der Waals surface area contributed by atoms with Crippen molar-refractivity contribution < 1.29 is 14.3 Å². The third kappa shape index (κ3) is 2.85. The predicted octanol–water partition coefficient (Wildman–Crippen LogP) is 2.01. The first kappa shape index (κ1) is 15.3. The summed E-state index contributed by atoms with van der Waals surface area (Å²) < 4.78 is 5.11. The Hall–Kier alpha value is -2.08. The molecule has 1 aromatic carbocycles. The topological polar surface area (TPSA) is 85.0 Å². The first-order chi connectivity index (χ1) is 9.88. The maximum absolute atomic E-state index is 12.3. The Labute approximate surface area is 127 Å². The average Bonchev–Trinajstić information content (AvgIpc) is 2.80. The molecule has 2 rings (SSSR count). The third-order valence-electron chi connectivity index (χ3n) is 3.31. The summed E-state index contributed by atoms with van der Waals surface area (Å²) >= 11 is 5.86. The minimum absolute atomic E-state index is 0.0547. The number of benzene rings is 1. The van der Waals surface area contributed by atoms with Gasteiger partial charge >= 0.3 is 12.0 Å². The van der Waals surface area contributed by atoms with Crippen LogP contribution in [0.25, 0.3) is 0 Å². The SMILES string of the molecule is CCOC(=O)C1(C)CN(C(N)=O)N=C1c1ccc(Cl)cc1. The highest BCUT2D eigenvalue weighted by molar-refractivity contribution is 6.30. The molecule has 0 saturated heterocycles. The largest absolute Gasteiger partial charge is 0.465 e. The van der Waals surface area contributed by atoms with Crippen LogP contribution in [0.1, 0.15) is 19.4 Å². The van der Waals surface area contributed by atoms with Crippen LogP contribution in [0.3, 0.4) is 0 Å². The Bertz CT molecular complexity index is 600. The van der Waals surface area contributed by atoms with Crippen LogP contribution in [0.4, 0.5) is 4.79 Å². The van der Waals surface area contributed by atoms with Gasteiger partial charge in [0.15, 0.2) is 0 Å². The molecule has 1 aliphatic heterocycles. The number of urea groups is 1. The number of amides is 2. The molecule has 1 heterocycles. The van der Waals surface area contributed by atoms with Crippen molar-refractivity contribution in [2.75, 3.05) is 13.2 Å². The molecule has 112 valence electrons. The molecule has 7 heteroatoms. The van der Waals surface area contributed by atoms with E-state index in [1.54, 1.807) is 38.1 Å². The minimum Gasteiger partial charge on any atom is -0.465 e. The first-order valence-corrected chi connectivity index (χ1v) is 6.85. The Morgan fingerprint density at radius 2 is 2.05 bits per heavy atom. The number of carbonyl (C=O) groups excluding carboxylic acids is 2. The fourth-order valence-electron chi connectivity index (χ4n) is 2.20. The highest BCUT2D eigenvalue weighted by Crippen LogP contribution is 2.32. The van der Waals surface area contributed by atoms with Gasteiger partial charge in [-0.3, -0.25) is 4.79 Å². The van der Waals surface area contributed by atoms with Crippen molar-refractivity contribution in [1.29, 1.82) is 0 Å². The molecule has 2 N–H and O–H groups in total. The van der Waals surface area contributed by atoms with E-state index in [0.717, 1.165) is 5.01 Å². The van der Waals surface area contributed by atoms with Crippen molar-refractivity contribution >= 4 is 29.3 Å². The van der Waals surface area contributed by atoms with Crippen LogP contribution in [0.2, 0.25) is 5.02 Å². The summed E-state index contributed by atoms with van der Waals surface area (Å²) in [5.74, 6) is -0.442. The van der Waals surface area contributed by atoms with Crippen LogP contribution in [-0.4, -0.2) is 35.9 Å². The second kappa shape index (κ2) is 5.73. The maximum atomic E-state index is 12.3. The van der Waals surface area contributed by atoms with Gasteiger partial charge in [0.2, 0.25) is 0 Å². The summed E-state index contributed by atoms with van der Waals surface area (Å²) in [6, 6.07) is 6.15. The summed E-state index contributed by atoms with van der Waals surface area (Å²) in [4.78, 5) is 23.6. The molecule has 0 saturated carbocycles. The first-order valence-electron chi connectivity index (χ1n) is 6.47. The summed E-state index contributed by atoms with van der Waals surface area (Å²) in [5.41, 5.74) is 5.34. The lowest BCUT2D eigenvalue weighted by Gasteiger charge is -2.23. The van der Waals surface area contributed by atoms with Gasteiger partial charge in [-0.2, -0.15) is 5.10 Å². The van der Waals surface area contributed by atoms with Crippen molar-refractivity contribution in [2.45, 2.75) is 13.8 Å². The Balaban J connectivity index is 2.45.